The number of thiophene rings is 1. The Morgan fingerprint density at radius 2 is 2.21 bits per heavy atom. The Kier molecular flexibility index (Phi) is 4.16. The maximum absolute atomic E-state index is 12.2. The average Bonchev–Trinajstić information content (AvgIpc) is 3.15. The van der Waals surface area contributed by atoms with E-state index in [0.29, 0.717) is 13.2 Å². The topological polar surface area (TPSA) is 55.3 Å². The SMILES string of the molecule is CCOC(=O)C1CCCN(c2nc(C)nc3sc4c(c23)CCC4)C1. The molecule has 0 saturated carbocycles. The molecule has 1 fully saturated rings. The van der Waals surface area contributed by atoms with E-state index < -0.39 is 0 Å². The molecule has 3 heterocycles. The first-order valence-electron chi connectivity index (χ1n) is 8.88. The first kappa shape index (κ1) is 15.8. The molecule has 6 heteroatoms. The molecule has 0 radical (unpaired) electrons. The number of aromatic nitrogens is 2. The molecular weight excluding hydrogens is 322 g/mol. The van der Waals surface area contributed by atoms with Crippen molar-refractivity contribution in [2.24, 2.45) is 5.92 Å². The number of fused-ring (bicyclic) bond motifs is 3. The van der Waals surface area contributed by atoms with E-state index >= 15 is 0 Å². The summed E-state index contributed by atoms with van der Waals surface area (Å²) >= 11 is 1.82. The third-order valence-electron chi connectivity index (χ3n) is 5.00. The van der Waals surface area contributed by atoms with E-state index in [1.54, 1.807) is 0 Å². The number of carbonyl (C=O) groups excluding carboxylic acids is 1. The fourth-order valence-electron chi connectivity index (χ4n) is 3.93. The Morgan fingerprint density at radius 1 is 1.33 bits per heavy atom. The fraction of sp³-hybridized carbons (Fsp3) is 0.611. The van der Waals surface area contributed by atoms with Crippen LogP contribution in [0.5, 0.6) is 0 Å². The molecule has 1 saturated heterocycles. The molecule has 24 heavy (non-hydrogen) atoms. The lowest BCUT2D eigenvalue weighted by atomic mass is 9.98. The molecule has 4 rings (SSSR count). The van der Waals surface area contributed by atoms with Crippen molar-refractivity contribution in [3.63, 3.8) is 0 Å². The molecule has 1 aliphatic heterocycles. The number of carbonyl (C=O) groups is 1. The second kappa shape index (κ2) is 6.31. The van der Waals surface area contributed by atoms with Crippen molar-refractivity contribution in [1.29, 1.82) is 0 Å². The minimum atomic E-state index is -0.0697. The van der Waals surface area contributed by atoms with Crippen molar-refractivity contribution < 1.29 is 9.53 Å². The number of nitrogens with zero attached hydrogens (tertiary/aromatic N) is 3. The second-order valence-electron chi connectivity index (χ2n) is 6.67. The van der Waals surface area contributed by atoms with Gasteiger partial charge in [0.05, 0.1) is 17.9 Å². The summed E-state index contributed by atoms with van der Waals surface area (Å²) in [6.07, 6.45) is 5.44. The Hall–Kier alpha value is -1.69. The smallest absolute Gasteiger partial charge is 0.310 e. The molecule has 1 aliphatic carbocycles. The summed E-state index contributed by atoms with van der Waals surface area (Å²) in [6.45, 7) is 5.93. The molecule has 1 atom stereocenters. The maximum atomic E-state index is 12.2. The van der Waals surface area contributed by atoms with Gasteiger partial charge >= 0.3 is 5.97 Å². The van der Waals surface area contributed by atoms with Gasteiger partial charge in [-0.2, -0.15) is 0 Å². The molecule has 128 valence electrons. The van der Waals surface area contributed by atoms with Crippen molar-refractivity contribution >= 4 is 33.3 Å². The van der Waals surface area contributed by atoms with Crippen LogP contribution >= 0.6 is 11.3 Å². The predicted molar refractivity (Wildman–Crippen MR) is 95.7 cm³/mol. The zero-order valence-corrected chi connectivity index (χ0v) is 15.1. The Labute approximate surface area is 146 Å². The van der Waals surface area contributed by atoms with Crippen LogP contribution in [0.4, 0.5) is 5.82 Å². The lowest BCUT2D eigenvalue weighted by molar-refractivity contribution is -0.148. The summed E-state index contributed by atoms with van der Waals surface area (Å²) in [7, 11) is 0. The van der Waals surface area contributed by atoms with Crippen molar-refractivity contribution in [3.05, 3.63) is 16.3 Å². The van der Waals surface area contributed by atoms with E-state index in [1.165, 1.54) is 28.7 Å². The van der Waals surface area contributed by atoms with Crippen LogP contribution in [0.1, 0.15) is 42.5 Å². The van der Waals surface area contributed by atoms with Gasteiger partial charge in [0, 0.05) is 18.0 Å². The van der Waals surface area contributed by atoms with Crippen LogP contribution in [-0.4, -0.2) is 35.6 Å². The number of esters is 1. The quantitative estimate of drug-likeness (QED) is 0.799. The van der Waals surface area contributed by atoms with E-state index in [4.69, 9.17) is 9.72 Å². The molecule has 0 aromatic carbocycles. The van der Waals surface area contributed by atoms with Gasteiger partial charge in [-0.15, -0.1) is 11.3 Å². The van der Waals surface area contributed by atoms with Gasteiger partial charge in [-0.05, 0) is 51.5 Å². The fourth-order valence-corrected chi connectivity index (χ4v) is 5.23. The van der Waals surface area contributed by atoms with Crippen LogP contribution in [0.2, 0.25) is 0 Å². The van der Waals surface area contributed by atoms with Gasteiger partial charge in [0.25, 0.3) is 0 Å². The third kappa shape index (κ3) is 2.66. The highest BCUT2D eigenvalue weighted by molar-refractivity contribution is 7.19. The number of piperidine rings is 1. The predicted octanol–water partition coefficient (Wildman–Crippen LogP) is 3.27. The second-order valence-corrected chi connectivity index (χ2v) is 7.75. The molecule has 1 unspecified atom stereocenters. The largest absolute Gasteiger partial charge is 0.466 e. The highest BCUT2D eigenvalue weighted by atomic mass is 32.1. The Bertz CT molecular complexity index is 786. The van der Waals surface area contributed by atoms with Crippen molar-refractivity contribution in [2.75, 3.05) is 24.6 Å². The minimum Gasteiger partial charge on any atom is -0.466 e. The van der Waals surface area contributed by atoms with Gasteiger partial charge in [0.2, 0.25) is 0 Å². The van der Waals surface area contributed by atoms with Gasteiger partial charge in [0.15, 0.2) is 0 Å². The zero-order valence-electron chi connectivity index (χ0n) is 14.3. The van der Waals surface area contributed by atoms with Gasteiger partial charge < -0.3 is 9.64 Å². The standard InChI is InChI=1S/C18H23N3O2S/c1-3-23-18(22)12-6-5-9-21(10-12)16-15-13-7-4-8-14(13)24-17(15)20-11(2)19-16/h12H,3-10H2,1-2H3. The zero-order chi connectivity index (χ0) is 16.7. The molecule has 0 N–H and O–H groups in total. The van der Waals surface area contributed by atoms with Gasteiger partial charge in [-0.1, -0.05) is 0 Å². The maximum Gasteiger partial charge on any atom is 0.310 e. The molecule has 0 amide bonds. The normalized spacial score (nSPS) is 20.4. The number of hydrogen-bond acceptors (Lipinski definition) is 6. The molecule has 0 bridgehead atoms. The van der Waals surface area contributed by atoms with E-state index in [1.807, 2.05) is 25.2 Å². The summed E-state index contributed by atoms with van der Waals surface area (Å²) in [5.74, 6) is 1.73. The van der Waals surface area contributed by atoms with E-state index in [9.17, 15) is 4.79 Å². The van der Waals surface area contributed by atoms with Crippen molar-refractivity contribution in [3.8, 4) is 0 Å². The van der Waals surface area contributed by atoms with Crippen LogP contribution in [0.3, 0.4) is 0 Å². The molecule has 2 aromatic heterocycles. The lowest BCUT2D eigenvalue weighted by Crippen LogP contribution is -2.40. The molecule has 2 aromatic rings. The van der Waals surface area contributed by atoms with Gasteiger partial charge in [-0.3, -0.25) is 4.79 Å². The monoisotopic (exact) mass is 345 g/mol. The molecule has 5 nitrogen and oxygen atoms in total. The highest BCUT2D eigenvalue weighted by Gasteiger charge is 2.30. The van der Waals surface area contributed by atoms with Crippen molar-refractivity contribution in [2.45, 2.75) is 46.0 Å². The molecular formula is C18H23N3O2S. The van der Waals surface area contributed by atoms with Crippen LogP contribution in [0.25, 0.3) is 10.2 Å². The number of rotatable bonds is 3. The molecule has 2 aliphatic rings. The van der Waals surface area contributed by atoms with Gasteiger partial charge in [-0.25, -0.2) is 9.97 Å². The summed E-state index contributed by atoms with van der Waals surface area (Å²) in [6, 6.07) is 0. The van der Waals surface area contributed by atoms with E-state index in [2.05, 4.69) is 9.88 Å². The number of hydrogen-bond donors (Lipinski definition) is 0. The summed E-state index contributed by atoms with van der Waals surface area (Å²) < 4.78 is 5.24. The number of ether oxygens (including phenoxy) is 1. The van der Waals surface area contributed by atoms with Crippen molar-refractivity contribution in [1.82, 2.24) is 9.97 Å². The van der Waals surface area contributed by atoms with Crippen LogP contribution in [-0.2, 0) is 22.4 Å². The van der Waals surface area contributed by atoms with E-state index in [0.717, 1.165) is 42.3 Å². The number of aryl methyl sites for hydroxylation is 3. The first-order valence-corrected chi connectivity index (χ1v) is 9.69. The van der Waals surface area contributed by atoms with Crippen LogP contribution in [0.15, 0.2) is 0 Å². The minimum absolute atomic E-state index is 0.0456. The molecule has 0 spiro atoms. The lowest BCUT2D eigenvalue weighted by Gasteiger charge is -2.33. The Morgan fingerprint density at radius 3 is 3.04 bits per heavy atom. The first-order chi connectivity index (χ1) is 11.7. The number of anilines is 1. The highest BCUT2D eigenvalue weighted by Crippen LogP contribution is 2.41. The Balaban J connectivity index is 1.71. The van der Waals surface area contributed by atoms with Crippen LogP contribution in [0, 0.1) is 12.8 Å². The summed E-state index contributed by atoms with van der Waals surface area (Å²) in [4.78, 5) is 26.5. The average molecular weight is 345 g/mol. The van der Waals surface area contributed by atoms with E-state index in [-0.39, 0.29) is 11.9 Å². The third-order valence-corrected chi connectivity index (χ3v) is 6.18. The van der Waals surface area contributed by atoms with Gasteiger partial charge in [0.1, 0.15) is 16.5 Å². The summed E-state index contributed by atoms with van der Waals surface area (Å²) in [5.41, 5.74) is 1.45. The summed E-state index contributed by atoms with van der Waals surface area (Å²) in [5, 5.41) is 1.24. The van der Waals surface area contributed by atoms with Crippen LogP contribution < -0.4 is 4.90 Å².